The van der Waals surface area contributed by atoms with Crippen molar-refractivity contribution in [1.82, 2.24) is 15.0 Å². The molecule has 1 aliphatic rings. The summed E-state index contributed by atoms with van der Waals surface area (Å²) in [6.07, 6.45) is 1.15. The normalized spacial score (nSPS) is 18.4. The Morgan fingerprint density at radius 2 is 2.18 bits per heavy atom. The van der Waals surface area contributed by atoms with Gasteiger partial charge in [-0.25, -0.2) is 9.18 Å². The molecule has 2 aromatic rings. The third kappa shape index (κ3) is 3.24. The lowest BCUT2D eigenvalue weighted by molar-refractivity contribution is 0.129. The molecule has 3 rings (SSSR count). The molecule has 6 nitrogen and oxygen atoms in total. The van der Waals surface area contributed by atoms with E-state index in [2.05, 4.69) is 10.1 Å². The van der Waals surface area contributed by atoms with E-state index in [9.17, 15) is 9.18 Å². The number of carbonyl (C=O) groups is 1. The van der Waals surface area contributed by atoms with E-state index < -0.39 is 6.09 Å². The van der Waals surface area contributed by atoms with Crippen LogP contribution in [0.5, 0.6) is 0 Å². The van der Waals surface area contributed by atoms with Gasteiger partial charge in [0.2, 0.25) is 5.89 Å². The number of carboxylic acid groups (broad SMARTS) is 1. The summed E-state index contributed by atoms with van der Waals surface area (Å²) in [5.74, 6) is 0.679. The number of hydrogen-bond donors (Lipinski definition) is 1. The summed E-state index contributed by atoms with van der Waals surface area (Å²) < 4.78 is 18.1. The topological polar surface area (TPSA) is 79.5 Å². The first-order valence-corrected chi connectivity index (χ1v) is 7.16. The van der Waals surface area contributed by atoms with Crippen LogP contribution in [-0.4, -0.2) is 39.3 Å². The van der Waals surface area contributed by atoms with E-state index in [1.54, 1.807) is 12.1 Å². The summed E-state index contributed by atoms with van der Waals surface area (Å²) >= 11 is 0. The number of benzene rings is 1. The van der Waals surface area contributed by atoms with E-state index in [4.69, 9.17) is 9.63 Å². The van der Waals surface area contributed by atoms with E-state index in [1.165, 1.54) is 17.0 Å². The number of amides is 1. The van der Waals surface area contributed by atoms with Crippen LogP contribution >= 0.6 is 0 Å². The first-order chi connectivity index (χ1) is 10.6. The SMILES string of the molecule is O=C(O)N1CCCC(c2noc(Cc3ccc(F)cc3)n2)C1. The molecular weight excluding hydrogens is 289 g/mol. The van der Waals surface area contributed by atoms with Crippen LogP contribution in [0.4, 0.5) is 9.18 Å². The second-order valence-electron chi connectivity index (χ2n) is 5.42. The van der Waals surface area contributed by atoms with Crippen LogP contribution in [0.25, 0.3) is 0 Å². The zero-order chi connectivity index (χ0) is 15.5. The average molecular weight is 305 g/mol. The third-order valence-electron chi connectivity index (χ3n) is 3.81. The van der Waals surface area contributed by atoms with E-state index in [0.717, 1.165) is 18.4 Å². The van der Waals surface area contributed by atoms with Crippen LogP contribution < -0.4 is 0 Å². The maximum absolute atomic E-state index is 12.9. The van der Waals surface area contributed by atoms with Gasteiger partial charge in [0.1, 0.15) is 5.82 Å². The van der Waals surface area contributed by atoms with Crippen molar-refractivity contribution in [2.75, 3.05) is 13.1 Å². The zero-order valence-electron chi connectivity index (χ0n) is 11.9. The fourth-order valence-corrected chi connectivity index (χ4v) is 2.64. The van der Waals surface area contributed by atoms with Crippen LogP contribution in [0.15, 0.2) is 28.8 Å². The Labute approximate surface area is 126 Å². The Balaban J connectivity index is 1.68. The van der Waals surface area contributed by atoms with Gasteiger partial charge in [-0.15, -0.1) is 0 Å². The van der Waals surface area contributed by atoms with Crippen LogP contribution in [0.2, 0.25) is 0 Å². The van der Waals surface area contributed by atoms with Crippen molar-refractivity contribution in [1.29, 1.82) is 0 Å². The van der Waals surface area contributed by atoms with E-state index in [-0.39, 0.29) is 11.7 Å². The number of aromatic nitrogens is 2. The molecule has 1 aromatic heterocycles. The highest BCUT2D eigenvalue weighted by Crippen LogP contribution is 2.25. The number of likely N-dealkylation sites (tertiary alicyclic amines) is 1. The van der Waals surface area contributed by atoms with Crippen LogP contribution in [-0.2, 0) is 6.42 Å². The molecule has 116 valence electrons. The first-order valence-electron chi connectivity index (χ1n) is 7.16. The summed E-state index contributed by atoms with van der Waals surface area (Å²) in [6.45, 7) is 0.941. The number of hydrogen-bond acceptors (Lipinski definition) is 4. The van der Waals surface area contributed by atoms with Gasteiger partial charge in [0.15, 0.2) is 5.82 Å². The van der Waals surface area contributed by atoms with E-state index in [0.29, 0.717) is 31.2 Å². The predicted octanol–water partition coefficient (Wildman–Crippen LogP) is 2.66. The smallest absolute Gasteiger partial charge is 0.407 e. The molecule has 1 aliphatic heterocycles. The molecule has 2 heterocycles. The third-order valence-corrected chi connectivity index (χ3v) is 3.81. The maximum Gasteiger partial charge on any atom is 0.407 e. The Morgan fingerprint density at radius 1 is 1.41 bits per heavy atom. The van der Waals surface area contributed by atoms with Gasteiger partial charge in [0.05, 0.1) is 6.42 Å². The highest BCUT2D eigenvalue weighted by Gasteiger charge is 2.27. The second kappa shape index (κ2) is 6.13. The van der Waals surface area contributed by atoms with Crippen LogP contribution in [0.3, 0.4) is 0 Å². The molecule has 1 aromatic carbocycles. The molecule has 22 heavy (non-hydrogen) atoms. The summed E-state index contributed by atoms with van der Waals surface area (Å²) in [7, 11) is 0. The van der Waals surface area contributed by atoms with Crippen molar-refractivity contribution in [3.8, 4) is 0 Å². The van der Waals surface area contributed by atoms with Crippen molar-refractivity contribution in [3.05, 3.63) is 47.4 Å². The van der Waals surface area contributed by atoms with Crippen molar-refractivity contribution < 1.29 is 18.8 Å². The molecule has 0 bridgehead atoms. The van der Waals surface area contributed by atoms with Crippen molar-refractivity contribution in [2.24, 2.45) is 0 Å². The van der Waals surface area contributed by atoms with Crippen LogP contribution in [0.1, 0.15) is 36.0 Å². The number of halogens is 1. The Kier molecular flexibility index (Phi) is 4.04. The quantitative estimate of drug-likeness (QED) is 0.943. The summed E-state index contributed by atoms with van der Waals surface area (Å²) in [5, 5.41) is 13.0. The van der Waals surface area contributed by atoms with Gasteiger partial charge in [-0.05, 0) is 30.5 Å². The highest BCUT2D eigenvalue weighted by atomic mass is 19.1. The van der Waals surface area contributed by atoms with Gasteiger partial charge < -0.3 is 14.5 Å². The van der Waals surface area contributed by atoms with Crippen molar-refractivity contribution in [3.63, 3.8) is 0 Å². The minimum atomic E-state index is -0.917. The van der Waals surface area contributed by atoms with Gasteiger partial charge in [-0.1, -0.05) is 17.3 Å². The standard InChI is InChI=1S/C15H16FN3O3/c16-12-5-3-10(4-6-12)8-13-17-14(18-22-13)11-2-1-7-19(9-11)15(20)21/h3-6,11H,1-2,7-9H2,(H,20,21). The Bertz CT molecular complexity index is 656. The van der Waals surface area contributed by atoms with E-state index in [1.807, 2.05) is 0 Å². The molecular formula is C15H16FN3O3. The van der Waals surface area contributed by atoms with E-state index >= 15 is 0 Å². The Morgan fingerprint density at radius 3 is 2.91 bits per heavy atom. The number of nitrogens with zero attached hydrogens (tertiary/aromatic N) is 3. The van der Waals surface area contributed by atoms with Gasteiger partial charge in [-0.2, -0.15) is 4.98 Å². The molecule has 0 saturated carbocycles. The minimum absolute atomic E-state index is 0.0319. The number of rotatable bonds is 3. The molecule has 1 atom stereocenters. The first kappa shape index (κ1) is 14.5. The van der Waals surface area contributed by atoms with Crippen molar-refractivity contribution >= 4 is 6.09 Å². The lowest BCUT2D eigenvalue weighted by atomic mass is 9.98. The Hall–Kier alpha value is -2.44. The van der Waals surface area contributed by atoms with Crippen LogP contribution in [0, 0.1) is 5.82 Å². The highest BCUT2D eigenvalue weighted by molar-refractivity contribution is 5.65. The molecule has 1 amide bonds. The van der Waals surface area contributed by atoms with Gasteiger partial charge in [-0.3, -0.25) is 0 Å². The van der Waals surface area contributed by atoms with Gasteiger partial charge in [0, 0.05) is 19.0 Å². The van der Waals surface area contributed by atoms with Gasteiger partial charge >= 0.3 is 6.09 Å². The summed E-state index contributed by atoms with van der Waals surface area (Å²) in [5.41, 5.74) is 0.882. The van der Waals surface area contributed by atoms with Crippen molar-refractivity contribution in [2.45, 2.75) is 25.2 Å². The summed E-state index contributed by atoms with van der Waals surface area (Å²) in [6, 6.07) is 6.12. The minimum Gasteiger partial charge on any atom is -0.465 e. The monoisotopic (exact) mass is 305 g/mol. The molecule has 0 spiro atoms. The molecule has 7 heteroatoms. The predicted molar refractivity (Wildman–Crippen MR) is 75.1 cm³/mol. The zero-order valence-corrected chi connectivity index (χ0v) is 11.9. The lowest BCUT2D eigenvalue weighted by Crippen LogP contribution is -2.38. The molecule has 0 radical (unpaired) electrons. The molecule has 1 fully saturated rings. The summed E-state index contributed by atoms with van der Waals surface area (Å²) in [4.78, 5) is 16.8. The lowest BCUT2D eigenvalue weighted by Gasteiger charge is -2.28. The fraction of sp³-hybridized carbons (Fsp3) is 0.400. The molecule has 1 unspecified atom stereocenters. The molecule has 1 N–H and O–H groups in total. The van der Waals surface area contributed by atoms with Gasteiger partial charge in [0.25, 0.3) is 0 Å². The molecule has 1 saturated heterocycles. The fourth-order valence-electron chi connectivity index (χ4n) is 2.64. The largest absolute Gasteiger partial charge is 0.465 e. The second-order valence-corrected chi connectivity index (χ2v) is 5.42. The average Bonchev–Trinajstić information content (AvgIpc) is 2.98. The number of piperidine rings is 1. The molecule has 0 aliphatic carbocycles. The maximum atomic E-state index is 12.9.